The Labute approximate surface area is 122 Å². The Bertz CT molecular complexity index is 558. The minimum absolute atomic E-state index is 0.00342. The Balaban J connectivity index is 1.72. The zero-order chi connectivity index (χ0) is 14.8. The fraction of sp³-hybridized carbons (Fsp3) is 0.467. The van der Waals surface area contributed by atoms with Crippen LogP contribution in [0.1, 0.15) is 6.42 Å². The summed E-state index contributed by atoms with van der Waals surface area (Å²) in [6.45, 7) is 3.17. The zero-order valence-electron chi connectivity index (χ0n) is 11.7. The normalized spacial score (nSPS) is 22.7. The van der Waals surface area contributed by atoms with Gasteiger partial charge in [0.2, 0.25) is 11.8 Å². The molecular formula is C15H18FN3O2. The molecule has 1 aromatic rings. The number of halogens is 1. The van der Waals surface area contributed by atoms with Crippen molar-refractivity contribution in [2.45, 2.75) is 6.42 Å². The molecule has 0 aromatic heterocycles. The monoisotopic (exact) mass is 291 g/mol. The van der Waals surface area contributed by atoms with E-state index in [0.29, 0.717) is 13.1 Å². The predicted octanol–water partition coefficient (Wildman–Crippen LogP) is 0.610. The van der Waals surface area contributed by atoms with E-state index in [0.717, 1.165) is 13.1 Å². The molecule has 2 heterocycles. The quantitative estimate of drug-likeness (QED) is 0.868. The number of amides is 2. The second kappa shape index (κ2) is 5.81. The fourth-order valence-electron chi connectivity index (χ4n) is 2.92. The maximum Gasteiger partial charge on any atom is 0.228 e. The SMILES string of the molecule is O=C([C@@H]1CC(=O)N(c2ccccc2F)C1)N1CCNCC1. The first-order chi connectivity index (χ1) is 10.2. The number of carbonyl (C=O) groups excluding carboxylic acids is 2. The maximum atomic E-state index is 13.8. The molecule has 6 heteroatoms. The highest BCUT2D eigenvalue weighted by molar-refractivity contribution is 6.00. The second-order valence-electron chi connectivity index (χ2n) is 5.43. The number of piperazine rings is 1. The molecule has 1 aromatic carbocycles. The van der Waals surface area contributed by atoms with Crippen LogP contribution in [0.2, 0.25) is 0 Å². The topological polar surface area (TPSA) is 52.7 Å². The van der Waals surface area contributed by atoms with Gasteiger partial charge in [-0.25, -0.2) is 4.39 Å². The molecule has 0 saturated carbocycles. The molecular weight excluding hydrogens is 273 g/mol. The lowest BCUT2D eigenvalue weighted by Crippen LogP contribution is -2.48. The van der Waals surface area contributed by atoms with Gasteiger partial charge in [-0.15, -0.1) is 0 Å². The van der Waals surface area contributed by atoms with Crippen molar-refractivity contribution in [3.05, 3.63) is 30.1 Å². The van der Waals surface area contributed by atoms with E-state index in [4.69, 9.17) is 0 Å². The maximum absolute atomic E-state index is 13.8. The van der Waals surface area contributed by atoms with Crippen molar-refractivity contribution >= 4 is 17.5 Å². The number of hydrogen-bond acceptors (Lipinski definition) is 3. The van der Waals surface area contributed by atoms with Gasteiger partial charge in [0.25, 0.3) is 0 Å². The molecule has 2 aliphatic heterocycles. The first kappa shape index (κ1) is 14.0. The van der Waals surface area contributed by atoms with Gasteiger partial charge in [-0.3, -0.25) is 9.59 Å². The average molecular weight is 291 g/mol. The minimum Gasteiger partial charge on any atom is -0.340 e. The van der Waals surface area contributed by atoms with Crippen molar-refractivity contribution in [3.63, 3.8) is 0 Å². The molecule has 1 N–H and O–H groups in total. The van der Waals surface area contributed by atoms with Crippen molar-refractivity contribution < 1.29 is 14.0 Å². The highest BCUT2D eigenvalue weighted by Gasteiger charge is 2.38. The van der Waals surface area contributed by atoms with Crippen molar-refractivity contribution in [2.24, 2.45) is 5.92 Å². The van der Waals surface area contributed by atoms with Gasteiger partial charge in [-0.1, -0.05) is 12.1 Å². The van der Waals surface area contributed by atoms with Gasteiger partial charge in [-0.05, 0) is 12.1 Å². The van der Waals surface area contributed by atoms with E-state index in [1.54, 1.807) is 23.1 Å². The predicted molar refractivity (Wildman–Crippen MR) is 76.3 cm³/mol. The van der Waals surface area contributed by atoms with Gasteiger partial charge in [-0.2, -0.15) is 0 Å². The number of carbonyl (C=O) groups is 2. The van der Waals surface area contributed by atoms with Crippen molar-refractivity contribution in [1.29, 1.82) is 0 Å². The molecule has 2 fully saturated rings. The highest BCUT2D eigenvalue weighted by Crippen LogP contribution is 2.28. The Hall–Kier alpha value is -1.95. The van der Waals surface area contributed by atoms with E-state index in [1.807, 2.05) is 0 Å². The number of hydrogen-bond donors (Lipinski definition) is 1. The van der Waals surface area contributed by atoms with E-state index in [9.17, 15) is 14.0 Å². The average Bonchev–Trinajstić information content (AvgIpc) is 2.90. The van der Waals surface area contributed by atoms with Crippen LogP contribution in [-0.2, 0) is 9.59 Å². The van der Waals surface area contributed by atoms with E-state index in [-0.39, 0.29) is 36.4 Å². The van der Waals surface area contributed by atoms with Crippen LogP contribution in [-0.4, -0.2) is 49.4 Å². The smallest absolute Gasteiger partial charge is 0.228 e. The van der Waals surface area contributed by atoms with Crippen LogP contribution in [0.5, 0.6) is 0 Å². The van der Waals surface area contributed by atoms with E-state index in [1.165, 1.54) is 11.0 Å². The molecule has 0 radical (unpaired) electrons. The van der Waals surface area contributed by atoms with Crippen molar-refractivity contribution in [2.75, 3.05) is 37.6 Å². The lowest BCUT2D eigenvalue weighted by Gasteiger charge is -2.29. The summed E-state index contributed by atoms with van der Waals surface area (Å²) in [5.74, 6) is -0.978. The lowest BCUT2D eigenvalue weighted by atomic mass is 10.1. The van der Waals surface area contributed by atoms with Gasteiger partial charge < -0.3 is 15.1 Å². The molecule has 3 rings (SSSR count). The van der Waals surface area contributed by atoms with Gasteiger partial charge in [0.15, 0.2) is 0 Å². The zero-order valence-corrected chi connectivity index (χ0v) is 11.7. The van der Waals surface area contributed by atoms with Gasteiger partial charge in [0.1, 0.15) is 5.82 Å². The van der Waals surface area contributed by atoms with Gasteiger partial charge in [0.05, 0.1) is 11.6 Å². The summed E-state index contributed by atoms with van der Waals surface area (Å²) in [6, 6.07) is 6.18. The second-order valence-corrected chi connectivity index (χ2v) is 5.43. The Morgan fingerprint density at radius 1 is 1.24 bits per heavy atom. The molecule has 2 aliphatic rings. The molecule has 2 amide bonds. The van der Waals surface area contributed by atoms with Crippen molar-refractivity contribution in [3.8, 4) is 0 Å². The van der Waals surface area contributed by atoms with E-state index >= 15 is 0 Å². The molecule has 1 atom stereocenters. The van der Waals surface area contributed by atoms with Crippen LogP contribution in [0, 0.1) is 11.7 Å². The van der Waals surface area contributed by atoms with E-state index < -0.39 is 5.82 Å². The van der Waals surface area contributed by atoms with Crippen LogP contribution < -0.4 is 10.2 Å². The number of anilines is 1. The molecule has 0 aliphatic carbocycles. The van der Waals surface area contributed by atoms with E-state index in [2.05, 4.69) is 5.32 Å². The number of nitrogens with zero attached hydrogens (tertiary/aromatic N) is 2. The molecule has 112 valence electrons. The lowest BCUT2D eigenvalue weighted by molar-refractivity contribution is -0.136. The first-order valence-corrected chi connectivity index (χ1v) is 7.21. The molecule has 0 bridgehead atoms. The Morgan fingerprint density at radius 3 is 2.67 bits per heavy atom. The minimum atomic E-state index is -0.430. The van der Waals surface area contributed by atoms with Gasteiger partial charge >= 0.3 is 0 Å². The number of nitrogens with one attached hydrogen (secondary N) is 1. The molecule has 2 saturated heterocycles. The summed E-state index contributed by atoms with van der Waals surface area (Å²) >= 11 is 0. The summed E-state index contributed by atoms with van der Waals surface area (Å²) in [4.78, 5) is 27.7. The summed E-state index contributed by atoms with van der Waals surface area (Å²) < 4.78 is 13.8. The van der Waals surface area contributed by atoms with Crippen molar-refractivity contribution in [1.82, 2.24) is 10.2 Å². The summed E-state index contributed by atoms with van der Waals surface area (Å²) in [5.41, 5.74) is 0.262. The molecule has 21 heavy (non-hydrogen) atoms. The summed E-state index contributed by atoms with van der Waals surface area (Å²) in [5, 5.41) is 3.19. The number of rotatable bonds is 2. The summed E-state index contributed by atoms with van der Waals surface area (Å²) in [6.07, 6.45) is 0.164. The first-order valence-electron chi connectivity index (χ1n) is 7.21. The van der Waals surface area contributed by atoms with Crippen LogP contribution in [0.4, 0.5) is 10.1 Å². The molecule has 5 nitrogen and oxygen atoms in total. The van der Waals surface area contributed by atoms with Crippen LogP contribution >= 0.6 is 0 Å². The number of para-hydroxylation sites is 1. The number of benzene rings is 1. The Morgan fingerprint density at radius 2 is 1.95 bits per heavy atom. The Kier molecular flexibility index (Phi) is 3.88. The summed E-state index contributed by atoms with van der Waals surface area (Å²) in [7, 11) is 0. The van der Waals surface area contributed by atoms with Crippen LogP contribution in [0.25, 0.3) is 0 Å². The standard InChI is InChI=1S/C15H18FN3O2/c16-12-3-1-2-4-13(12)19-10-11(9-14(19)20)15(21)18-7-5-17-6-8-18/h1-4,11,17H,5-10H2/t11-/m1/s1. The third kappa shape index (κ3) is 2.76. The molecule has 0 unspecified atom stereocenters. The largest absolute Gasteiger partial charge is 0.340 e. The third-order valence-electron chi connectivity index (χ3n) is 4.05. The molecule has 0 spiro atoms. The highest BCUT2D eigenvalue weighted by atomic mass is 19.1. The van der Waals surface area contributed by atoms with Crippen LogP contribution in [0.15, 0.2) is 24.3 Å². The van der Waals surface area contributed by atoms with Crippen LogP contribution in [0.3, 0.4) is 0 Å². The third-order valence-corrected chi connectivity index (χ3v) is 4.05. The van der Waals surface area contributed by atoms with Gasteiger partial charge in [0, 0.05) is 39.1 Å². The fourth-order valence-corrected chi connectivity index (χ4v) is 2.92.